The van der Waals surface area contributed by atoms with E-state index in [9.17, 15) is 9.90 Å². The average molecular weight is 399 g/mol. The van der Waals surface area contributed by atoms with E-state index in [2.05, 4.69) is 27.9 Å². The lowest BCUT2D eigenvalue weighted by Crippen LogP contribution is -2.14. The molecule has 0 fully saturated rings. The zero-order chi connectivity index (χ0) is 14.5. The zero-order valence-electron chi connectivity index (χ0n) is 10.9. The van der Waals surface area contributed by atoms with E-state index in [1.165, 1.54) is 11.8 Å². The summed E-state index contributed by atoms with van der Waals surface area (Å²) in [7, 11) is 0. The molecule has 0 unspecified atom stereocenters. The number of carbonyl (C=O) groups excluding carboxylic acids is 1. The molecule has 3 nitrogen and oxygen atoms in total. The minimum absolute atomic E-state index is 0.0348. The molecule has 0 aliphatic rings. The third-order valence-electron chi connectivity index (χ3n) is 2.67. The monoisotopic (exact) mass is 399 g/mol. The van der Waals surface area contributed by atoms with Gasteiger partial charge in [-0.25, -0.2) is 0 Å². The topological polar surface area (TPSA) is 49.3 Å². The number of hydrogen-bond donors (Lipinski definition) is 2. The van der Waals surface area contributed by atoms with Gasteiger partial charge >= 0.3 is 0 Å². The number of halogens is 1. The second kappa shape index (κ2) is 6.99. The number of phenolic OH excluding ortho intramolecular Hbond substituents is 1. The van der Waals surface area contributed by atoms with E-state index in [1.807, 2.05) is 25.1 Å². The molecule has 0 radical (unpaired) electrons. The number of aromatic hydroxyl groups is 1. The van der Waals surface area contributed by atoms with Crippen LogP contribution in [0.3, 0.4) is 0 Å². The molecule has 2 aromatic carbocycles. The van der Waals surface area contributed by atoms with Crippen LogP contribution in [0.2, 0.25) is 0 Å². The highest BCUT2D eigenvalue weighted by atomic mass is 127. The van der Waals surface area contributed by atoms with E-state index < -0.39 is 0 Å². The van der Waals surface area contributed by atoms with Gasteiger partial charge in [-0.2, -0.15) is 0 Å². The zero-order valence-corrected chi connectivity index (χ0v) is 13.9. The Kier molecular flexibility index (Phi) is 5.31. The summed E-state index contributed by atoms with van der Waals surface area (Å²) in [5, 5.41) is 12.1. The number of anilines is 1. The first kappa shape index (κ1) is 15.2. The Morgan fingerprint density at radius 3 is 2.60 bits per heavy atom. The Balaban J connectivity index is 1.90. The van der Waals surface area contributed by atoms with Crippen LogP contribution in [0.5, 0.6) is 5.75 Å². The van der Waals surface area contributed by atoms with E-state index in [-0.39, 0.29) is 11.7 Å². The van der Waals surface area contributed by atoms with Gasteiger partial charge in [-0.1, -0.05) is 0 Å². The van der Waals surface area contributed by atoms with Gasteiger partial charge in [0.05, 0.1) is 5.75 Å². The quantitative estimate of drug-likeness (QED) is 0.603. The molecule has 0 saturated carbocycles. The Hall–Kier alpha value is -1.21. The highest BCUT2D eigenvalue weighted by Crippen LogP contribution is 2.22. The average Bonchev–Trinajstić information content (AvgIpc) is 2.41. The fourth-order valence-corrected chi connectivity index (χ4v) is 2.99. The van der Waals surface area contributed by atoms with Crippen molar-refractivity contribution in [2.45, 2.75) is 11.8 Å². The number of aryl methyl sites for hydroxylation is 1. The molecule has 0 spiro atoms. The maximum atomic E-state index is 11.9. The van der Waals surface area contributed by atoms with Gasteiger partial charge in [0, 0.05) is 14.2 Å². The molecule has 0 atom stereocenters. The fraction of sp³-hybridized carbons (Fsp3) is 0.133. The number of thioether (sulfide) groups is 1. The number of hydrogen-bond acceptors (Lipinski definition) is 3. The van der Waals surface area contributed by atoms with Crippen molar-refractivity contribution >= 4 is 45.9 Å². The Bertz CT molecular complexity index is 614. The summed E-state index contributed by atoms with van der Waals surface area (Å²) in [5.74, 6) is 0.539. The van der Waals surface area contributed by atoms with Crippen LogP contribution in [0.15, 0.2) is 47.4 Å². The number of benzene rings is 2. The summed E-state index contributed by atoms with van der Waals surface area (Å²) in [4.78, 5) is 12.9. The number of nitrogens with one attached hydrogen (secondary N) is 1. The predicted molar refractivity (Wildman–Crippen MR) is 91.4 cm³/mol. The summed E-state index contributed by atoms with van der Waals surface area (Å²) in [6, 6.07) is 12.7. The Morgan fingerprint density at radius 2 is 1.95 bits per heavy atom. The smallest absolute Gasteiger partial charge is 0.234 e. The number of carbonyl (C=O) groups is 1. The lowest BCUT2D eigenvalue weighted by Gasteiger charge is -2.08. The van der Waals surface area contributed by atoms with Crippen LogP contribution in [0.25, 0.3) is 0 Å². The predicted octanol–water partition coefficient (Wildman–Crippen LogP) is 4.04. The molecule has 0 aliphatic heterocycles. The number of rotatable bonds is 4. The Morgan fingerprint density at radius 1 is 1.25 bits per heavy atom. The molecule has 0 aliphatic carbocycles. The molecule has 1 amide bonds. The van der Waals surface area contributed by atoms with Gasteiger partial charge < -0.3 is 10.4 Å². The second-order valence-electron chi connectivity index (χ2n) is 4.29. The highest BCUT2D eigenvalue weighted by molar-refractivity contribution is 14.1. The molecule has 5 heteroatoms. The van der Waals surface area contributed by atoms with Crippen molar-refractivity contribution in [2.75, 3.05) is 11.1 Å². The van der Waals surface area contributed by atoms with Gasteiger partial charge in [0.25, 0.3) is 0 Å². The van der Waals surface area contributed by atoms with Crippen molar-refractivity contribution in [3.05, 3.63) is 51.6 Å². The molecule has 2 rings (SSSR count). The molecule has 0 bridgehead atoms. The van der Waals surface area contributed by atoms with E-state index >= 15 is 0 Å². The summed E-state index contributed by atoms with van der Waals surface area (Å²) in [6.45, 7) is 1.98. The summed E-state index contributed by atoms with van der Waals surface area (Å²) < 4.78 is 1.15. The SMILES string of the molecule is Cc1cc(I)ccc1NC(=O)CSc1ccc(O)cc1. The van der Waals surface area contributed by atoms with E-state index in [1.54, 1.807) is 24.3 Å². The highest BCUT2D eigenvalue weighted by Gasteiger charge is 2.06. The van der Waals surface area contributed by atoms with Crippen LogP contribution in [-0.2, 0) is 4.79 Å². The minimum Gasteiger partial charge on any atom is -0.508 e. The fourth-order valence-electron chi connectivity index (χ4n) is 1.64. The third kappa shape index (κ3) is 4.42. The van der Waals surface area contributed by atoms with E-state index in [0.29, 0.717) is 5.75 Å². The lowest BCUT2D eigenvalue weighted by molar-refractivity contribution is -0.113. The molecule has 2 N–H and O–H groups in total. The first-order chi connectivity index (χ1) is 9.54. The van der Waals surface area contributed by atoms with Crippen molar-refractivity contribution in [3.63, 3.8) is 0 Å². The largest absolute Gasteiger partial charge is 0.508 e. The molecule has 0 saturated heterocycles. The maximum Gasteiger partial charge on any atom is 0.234 e. The van der Waals surface area contributed by atoms with Crippen LogP contribution < -0.4 is 5.32 Å². The number of amides is 1. The molecule has 2 aromatic rings. The Labute approximate surface area is 135 Å². The molecule has 0 aromatic heterocycles. The van der Waals surface area contributed by atoms with Crippen LogP contribution in [0, 0.1) is 10.5 Å². The third-order valence-corrected chi connectivity index (χ3v) is 4.35. The van der Waals surface area contributed by atoms with Crippen molar-refractivity contribution in [3.8, 4) is 5.75 Å². The lowest BCUT2D eigenvalue weighted by atomic mass is 10.2. The summed E-state index contributed by atoms with van der Waals surface area (Å²) in [6.07, 6.45) is 0. The molecule has 104 valence electrons. The first-order valence-corrected chi connectivity index (χ1v) is 8.09. The van der Waals surface area contributed by atoms with Crippen LogP contribution in [0.1, 0.15) is 5.56 Å². The normalized spacial score (nSPS) is 10.3. The molecule has 0 heterocycles. The summed E-state index contributed by atoms with van der Waals surface area (Å²) >= 11 is 3.69. The molecular formula is C15H14INO2S. The summed E-state index contributed by atoms with van der Waals surface area (Å²) in [5.41, 5.74) is 1.90. The van der Waals surface area contributed by atoms with Crippen molar-refractivity contribution in [1.82, 2.24) is 0 Å². The van der Waals surface area contributed by atoms with Crippen molar-refractivity contribution in [1.29, 1.82) is 0 Å². The van der Waals surface area contributed by atoms with E-state index in [0.717, 1.165) is 19.7 Å². The first-order valence-electron chi connectivity index (χ1n) is 6.02. The maximum absolute atomic E-state index is 11.9. The van der Waals surface area contributed by atoms with Gasteiger partial charge in [-0.3, -0.25) is 4.79 Å². The van der Waals surface area contributed by atoms with Crippen LogP contribution in [0.4, 0.5) is 5.69 Å². The van der Waals surface area contributed by atoms with Gasteiger partial charge in [0.15, 0.2) is 0 Å². The molecule has 20 heavy (non-hydrogen) atoms. The van der Waals surface area contributed by atoms with Crippen LogP contribution in [-0.4, -0.2) is 16.8 Å². The van der Waals surface area contributed by atoms with E-state index in [4.69, 9.17) is 0 Å². The molecular weight excluding hydrogens is 385 g/mol. The van der Waals surface area contributed by atoms with Gasteiger partial charge in [-0.05, 0) is 77.5 Å². The van der Waals surface area contributed by atoms with Gasteiger partial charge in [0.1, 0.15) is 5.75 Å². The minimum atomic E-state index is -0.0348. The number of phenols is 1. The van der Waals surface area contributed by atoms with Crippen LogP contribution >= 0.6 is 34.4 Å². The van der Waals surface area contributed by atoms with Gasteiger partial charge in [-0.15, -0.1) is 11.8 Å². The van der Waals surface area contributed by atoms with Gasteiger partial charge in [0.2, 0.25) is 5.91 Å². The standard InChI is InChI=1S/C15H14INO2S/c1-10-8-11(16)2-7-14(10)17-15(19)9-20-13-5-3-12(18)4-6-13/h2-8,18H,9H2,1H3,(H,17,19). The van der Waals surface area contributed by atoms with Crippen molar-refractivity contribution < 1.29 is 9.90 Å². The second-order valence-corrected chi connectivity index (χ2v) is 6.58. The van der Waals surface area contributed by atoms with Crippen molar-refractivity contribution in [2.24, 2.45) is 0 Å².